The molecule has 6 nitrogen and oxygen atoms in total. The number of carbonyl (C=O) groups is 2. The number of aromatic carboxylic acids is 1. The van der Waals surface area contributed by atoms with Crippen LogP contribution in [-0.4, -0.2) is 28.6 Å². The van der Waals surface area contributed by atoms with Gasteiger partial charge in [-0.1, -0.05) is 27.7 Å². The average Bonchev–Trinajstić information content (AvgIpc) is 2.69. The highest BCUT2D eigenvalue weighted by molar-refractivity contribution is 5.99. The summed E-state index contributed by atoms with van der Waals surface area (Å²) in [7, 11) is 0. The summed E-state index contributed by atoms with van der Waals surface area (Å²) in [5.74, 6) is 0.215. The van der Waals surface area contributed by atoms with E-state index in [-0.39, 0.29) is 17.4 Å². The van der Waals surface area contributed by atoms with Crippen LogP contribution in [0.15, 0.2) is 6.07 Å². The van der Waals surface area contributed by atoms with E-state index in [1.165, 1.54) is 0 Å². The summed E-state index contributed by atoms with van der Waals surface area (Å²) in [5.41, 5.74) is 0.958. The molecule has 1 aromatic rings. The van der Waals surface area contributed by atoms with E-state index in [4.69, 9.17) is 5.11 Å². The molecule has 0 saturated carbocycles. The number of nitrogens with one attached hydrogen (secondary N) is 3. The number of anilines is 1. The number of rotatable bonds is 6. The minimum Gasteiger partial charge on any atom is -0.477 e. The van der Waals surface area contributed by atoms with Crippen LogP contribution in [0.2, 0.25) is 0 Å². The molecule has 1 heterocycles. The molecule has 0 fully saturated rings. The van der Waals surface area contributed by atoms with Crippen LogP contribution in [0.4, 0.5) is 10.5 Å². The number of hydrogen-bond donors (Lipinski definition) is 4. The lowest BCUT2D eigenvalue weighted by molar-refractivity contribution is 0.0692. The number of H-pyrrole nitrogens is 1. The standard InChI is InChI=1S/C15H25N3O3/c1-8(2)11(9(3)4)7-16-15(21)18-12-6-10(5)17-13(12)14(19)20/h6,8-9,11,17H,7H2,1-5H3,(H,19,20)(H2,16,18,21). The number of carboxylic acids is 1. The highest BCUT2D eigenvalue weighted by Gasteiger charge is 2.19. The zero-order valence-electron chi connectivity index (χ0n) is 13.3. The van der Waals surface area contributed by atoms with Crippen LogP contribution in [-0.2, 0) is 0 Å². The summed E-state index contributed by atoms with van der Waals surface area (Å²) in [4.78, 5) is 25.7. The largest absolute Gasteiger partial charge is 0.477 e. The van der Waals surface area contributed by atoms with Crippen LogP contribution in [0.1, 0.15) is 43.9 Å². The topological polar surface area (TPSA) is 94.2 Å². The van der Waals surface area contributed by atoms with E-state index in [0.29, 0.717) is 30.0 Å². The molecule has 4 N–H and O–H groups in total. The number of carbonyl (C=O) groups excluding carboxylic acids is 1. The van der Waals surface area contributed by atoms with Crippen molar-refractivity contribution >= 4 is 17.7 Å². The molecule has 0 bridgehead atoms. The molecular weight excluding hydrogens is 270 g/mol. The summed E-state index contributed by atoms with van der Waals surface area (Å²) in [6.45, 7) is 10.8. The highest BCUT2D eigenvalue weighted by atomic mass is 16.4. The molecule has 0 radical (unpaired) electrons. The first-order valence-electron chi connectivity index (χ1n) is 7.20. The number of urea groups is 1. The fourth-order valence-corrected chi connectivity index (χ4v) is 2.47. The number of hydrogen-bond acceptors (Lipinski definition) is 2. The SMILES string of the molecule is Cc1cc(NC(=O)NCC(C(C)C)C(C)C)c(C(=O)O)[nH]1. The van der Waals surface area contributed by atoms with Gasteiger partial charge in [0.25, 0.3) is 0 Å². The second-order valence-electron chi connectivity index (χ2n) is 6.03. The molecule has 0 saturated heterocycles. The van der Waals surface area contributed by atoms with Gasteiger partial charge in [-0.25, -0.2) is 9.59 Å². The highest BCUT2D eigenvalue weighted by Crippen LogP contribution is 2.20. The monoisotopic (exact) mass is 295 g/mol. The molecule has 0 aliphatic carbocycles. The molecule has 0 aliphatic heterocycles. The van der Waals surface area contributed by atoms with Crippen molar-refractivity contribution < 1.29 is 14.7 Å². The number of aryl methyl sites for hydroxylation is 1. The Morgan fingerprint density at radius 2 is 1.81 bits per heavy atom. The van der Waals surface area contributed by atoms with Crippen molar-refractivity contribution in [3.63, 3.8) is 0 Å². The van der Waals surface area contributed by atoms with Gasteiger partial charge in [-0.3, -0.25) is 0 Å². The van der Waals surface area contributed by atoms with Gasteiger partial charge in [-0.2, -0.15) is 0 Å². The van der Waals surface area contributed by atoms with Gasteiger partial charge in [-0.05, 0) is 30.7 Å². The molecule has 118 valence electrons. The zero-order chi connectivity index (χ0) is 16.2. The first-order chi connectivity index (χ1) is 9.72. The normalized spacial score (nSPS) is 11.2. The van der Waals surface area contributed by atoms with Gasteiger partial charge in [0.2, 0.25) is 0 Å². The molecule has 21 heavy (non-hydrogen) atoms. The Balaban J connectivity index is 2.64. The summed E-state index contributed by atoms with van der Waals surface area (Å²) in [6.07, 6.45) is 0. The fraction of sp³-hybridized carbons (Fsp3) is 0.600. The smallest absolute Gasteiger partial charge is 0.354 e. The van der Waals surface area contributed by atoms with Gasteiger partial charge in [0.15, 0.2) is 0 Å². The molecule has 1 rings (SSSR count). The lowest BCUT2D eigenvalue weighted by Gasteiger charge is -2.25. The van der Waals surface area contributed by atoms with E-state index < -0.39 is 5.97 Å². The molecular formula is C15H25N3O3. The van der Waals surface area contributed by atoms with Crippen molar-refractivity contribution in [1.82, 2.24) is 10.3 Å². The third-order valence-electron chi connectivity index (χ3n) is 3.63. The maximum atomic E-state index is 11.9. The Morgan fingerprint density at radius 1 is 1.24 bits per heavy atom. The Morgan fingerprint density at radius 3 is 2.29 bits per heavy atom. The molecule has 2 amide bonds. The van der Waals surface area contributed by atoms with Crippen LogP contribution >= 0.6 is 0 Å². The van der Waals surface area contributed by atoms with Crippen LogP contribution in [0.5, 0.6) is 0 Å². The van der Waals surface area contributed by atoms with Crippen LogP contribution in [0.3, 0.4) is 0 Å². The third kappa shape index (κ3) is 4.81. The summed E-state index contributed by atoms with van der Waals surface area (Å²) in [6, 6.07) is 1.22. The number of aromatic amines is 1. The Kier molecular flexibility index (Phi) is 5.81. The van der Waals surface area contributed by atoms with E-state index >= 15 is 0 Å². The average molecular weight is 295 g/mol. The first-order valence-corrected chi connectivity index (χ1v) is 7.20. The minimum absolute atomic E-state index is 0.00748. The van der Waals surface area contributed by atoms with Gasteiger partial charge in [0.1, 0.15) is 5.69 Å². The predicted octanol–water partition coefficient (Wildman–Crippen LogP) is 3.07. The molecule has 0 aliphatic rings. The van der Waals surface area contributed by atoms with E-state index in [0.717, 1.165) is 0 Å². The van der Waals surface area contributed by atoms with Crippen molar-refractivity contribution in [3.8, 4) is 0 Å². The maximum Gasteiger partial charge on any atom is 0.354 e. The molecule has 1 aromatic heterocycles. The lowest BCUT2D eigenvalue weighted by Crippen LogP contribution is -2.36. The van der Waals surface area contributed by atoms with Gasteiger partial charge in [0.05, 0.1) is 5.69 Å². The molecule has 0 spiro atoms. The number of carboxylic acid groups (broad SMARTS) is 1. The van der Waals surface area contributed by atoms with Crippen molar-refractivity contribution in [2.75, 3.05) is 11.9 Å². The van der Waals surface area contributed by atoms with Crippen molar-refractivity contribution in [1.29, 1.82) is 0 Å². The summed E-state index contributed by atoms with van der Waals surface area (Å²) < 4.78 is 0. The van der Waals surface area contributed by atoms with Crippen LogP contribution in [0.25, 0.3) is 0 Å². The second kappa shape index (κ2) is 7.15. The maximum absolute atomic E-state index is 11.9. The van der Waals surface area contributed by atoms with E-state index in [2.05, 4.69) is 43.3 Å². The Hall–Kier alpha value is -1.98. The zero-order valence-corrected chi connectivity index (χ0v) is 13.3. The van der Waals surface area contributed by atoms with E-state index in [9.17, 15) is 9.59 Å². The van der Waals surface area contributed by atoms with Gasteiger partial charge >= 0.3 is 12.0 Å². The van der Waals surface area contributed by atoms with Crippen molar-refractivity contribution in [2.45, 2.75) is 34.6 Å². The van der Waals surface area contributed by atoms with Gasteiger partial charge in [-0.15, -0.1) is 0 Å². The molecule has 6 heteroatoms. The quantitative estimate of drug-likeness (QED) is 0.649. The number of aromatic nitrogens is 1. The molecule has 0 unspecified atom stereocenters. The van der Waals surface area contributed by atoms with Gasteiger partial charge in [0, 0.05) is 12.2 Å². The van der Waals surface area contributed by atoms with Crippen LogP contribution in [0, 0.1) is 24.7 Å². The third-order valence-corrected chi connectivity index (χ3v) is 3.63. The predicted molar refractivity (Wildman–Crippen MR) is 82.7 cm³/mol. The minimum atomic E-state index is -1.10. The fourth-order valence-electron chi connectivity index (χ4n) is 2.47. The first kappa shape index (κ1) is 17.1. The summed E-state index contributed by atoms with van der Waals surface area (Å²) in [5, 5.41) is 14.4. The summed E-state index contributed by atoms with van der Waals surface area (Å²) >= 11 is 0. The van der Waals surface area contributed by atoms with Crippen molar-refractivity contribution in [2.24, 2.45) is 17.8 Å². The second-order valence-corrected chi connectivity index (χ2v) is 6.03. The van der Waals surface area contributed by atoms with Crippen LogP contribution < -0.4 is 10.6 Å². The number of amides is 2. The van der Waals surface area contributed by atoms with E-state index in [1.54, 1.807) is 13.0 Å². The van der Waals surface area contributed by atoms with Crippen molar-refractivity contribution in [3.05, 3.63) is 17.5 Å². The molecule has 0 atom stereocenters. The Bertz CT molecular complexity index is 498. The molecule has 0 aromatic carbocycles. The van der Waals surface area contributed by atoms with Gasteiger partial charge < -0.3 is 20.7 Å². The lowest BCUT2D eigenvalue weighted by atomic mass is 9.85. The Labute approximate surface area is 125 Å². The van der Waals surface area contributed by atoms with E-state index in [1.807, 2.05) is 0 Å².